The van der Waals surface area contributed by atoms with Gasteiger partial charge < -0.3 is 34.1 Å². The third-order valence-electron chi connectivity index (χ3n) is 9.69. The van der Waals surface area contributed by atoms with Crippen LogP contribution in [0.2, 0.25) is 5.02 Å². The van der Waals surface area contributed by atoms with E-state index in [0.29, 0.717) is 72.6 Å². The van der Waals surface area contributed by atoms with Crippen LogP contribution in [-0.2, 0) is 6.54 Å². The number of piperidine rings is 1. The molecule has 1 aromatic heterocycles. The normalized spacial score (nSPS) is 18.6. The highest BCUT2D eigenvalue weighted by Crippen LogP contribution is 2.40. The molecule has 10 nitrogen and oxygen atoms in total. The van der Waals surface area contributed by atoms with Crippen LogP contribution in [0.3, 0.4) is 0 Å². The minimum Gasteiger partial charge on any atom is -0.497 e. The smallest absolute Gasteiger partial charge is 0.255 e. The summed E-state index contributed by atoms with van der Waals surface area (Å²) in [6.07, 6.45) is 1.00. The van der Waals surface area contributed by atoms with Crippen molar-refractivity contribution in [2.45, 2.75) is 18.9 Å². The van der Waals surface area contributed by atoms with Gasteiger partial charge >= 0.3 is 0 Å². The average Bonchev–Trinajstić information content (AvgIpc) is 3.11. The molecule has 7 rings (SSSR count). The number of carbonyl (C=O) groups excluding carboxylic acids is 2. The second kappa shape index (κ2) is 13.3. The number of benzene rings is 3. The molecule has 0 aliphatic carbocycles. The Hall–Kier alpha value is -4.96. The zero-order valence-electron chi connectivity index (χ0n) is 27.0. The maximum Gasteiger partial charge on any atom is 0.255 e. The fourth-order valence-corrected chi connectivity index (χ4v) is 7.57. The molecule has 3 aliphatic heterocycles. The highest BCUT2D eigenvalue weighted by Gasteiger charge is 2.35. The van der Waals surface area contributed by atoms with E-state index in [-0.39, 0.29) is 29.2 Å². The van der Waals surface area contributed by atoms with E-state index < -0.39 is 0 Å². The summed E-state index contributed by atoms with van der Waals surface area (Å²) in [4.78, 5) is 46.6. The van der Waals surface area contributed by atoms with E-state index in [1.54, 1.807) is 30.3 Å². The fraction of sp³-hybridized carbons (Fsp3) is 0.324. The van der Waals surface area contributed by atoms with Gasteiger partial charge in [-0.15, -0.1) is 0 Å². The molecule has 248 valence electrons. The minimum absolute atomic E-state index is 0.0351. The van der Waals surface area contributed by atoms with Gasteiger partial charge in [-0.2, -0.15) is 0 Å². The highest BCUT2D eigenvalue weighted by molar-refractivity contribution is 6.33. The Morgan fingerprint density at radius 2 is 1.52 bits per heavy atom. The Bertz CT molecular complexity index is 1900. The summed E-state index contributed by atoms with van der Waals surface area (Å²) in [5.41, 5.74) is 4.29. The number of amides is 2. The van der Waals surface area contributed by atoms with Crippen molar-refractivity contribution >= 4 is 40.5 Å². The summed E-state index contributed by atoms with van der Waals surface area (Å²) in [6, 6.07) is 23.8. The van der Waals surface area contributed by atoms with Crippen molar-refractivity contribution in [1.82, 2.24) is 9.47 Å². The third kappa shape index (κ3) is 6.20. The molecule has 2 bridgehead atoms. The number of rotatable bonds is 7. The Morgan fingerprint density at radius 3 is 2.25 bits per heavy atom. The van der Waals surface area contributed by atoms with Gasteiger partial charge in [0.1, 0.15) is 11.5 Å². The second-order valence-electron chi connectivity index (χ2n) is 12.6. The number of halogens is 1. The molecule has 0 unspecified atom stereocenters. The molecule has 0 radical (unpaired) electrons. The van der Waals surface area contributed by atoms with Crippen molar-refractivity contribution in [2.24, 2.45) is 5.92 Å². The summed E-state index contributed by atoms with van der Waals surface area (Å²) in [5.74, 6) is 1.00. The zero-order chi connectivity index (χ0) is 33.4. The molecular weight excluding hydrogens is 630 g/mol. The number of fused-ring (bicyclic) bond motifs is 4. The molecule has 2 atom stereocenters. The number of hydrogen-bond donors (Lipinski definition) is 1. The quantitative estimate of drug-likeness (QED) is 0.284. The van der Waals surface area contributed by atoms with Crippen LogP contribution >= 0.6 is 11.6 Å². The summed E-state index contributed by atoms with van der Waals surface area (Å²) in [7, 11) is 3.08. The molecule has 4 aromatic rings. The first kappa shape index (κ1) is 31.6. The standard InChI is InChI=1S/C37H38ClN5O5/c1-47-28-17-26(18-29(20-28)48-2)36(45)39-31-19-25(37(46)41-14-12-40(13-15-41)33-7-4-3-6-30(33)38)10-11-34(31)42-21-24-16-27(23-42)32-8-5-9-35(44)43(32)22-24/h3-11,17-20,24,27H,12-16,21-23H2,1-2H3,(H,39,45)/t24-,27+/m1/s1. The second-order valence-corrected chi connectivity index (χ2v) is 13.0. The Labute approximate surface area is 284 Å². The highest BCUT2D eigenvalue weighted by atomic mass is 35.5. The molecule has 2 amide bonds. The van der Waals surface area contributed by atoms with Crippen LogP contribution in [0, 0.1) is 5.92 Å². The zero-order valence-corrected chi connectivity index (χ0v) is 27.8. The predicted molar refractivity (Wildman–Crippen MR) is 187 cm³/mol. The molecule has 3 aliphatic rings. The van der Waals surface area contributed by atoms with Crippen LogP contribution in [0.25, 0.3) is 0 Å². The van der Waals surface area contributed by atoms with Gasteiger partial charge in [0.2, 0.25) is 0 Å². The Morgan fingerprint density at radius 1 is 0.771 bits per heavy atom. The Balaban J connectivity index is 1.17. The summed E-state index contributed by atoms with van der Waals surface area (Å²) < 4.78 is 12.7. The molecule has 2 fully saturated rings. The van der Waals surface area contributed by atoms with Gasteiger partial charge in [0.15, 0.2) is 0 Å². The largest absolute Gasteiger partial charge is 0.497 e. The number of nitrogens with one attached hydrogen (secondary N) is 1. The SMILES string of the molecule is COc1cc(OC)cc(C(=O)Nc2cc(C(=O)N3CCN(c4ccccc4Cl)CC3)ccc2N2C[C@H]3C[C@@H](C2)c2cccc(=O)n2C3)c1. The maximum absolute atomic E-state index is 13.9. The van der Waals surface area contributed by atoms with E-state index in [0.717, 1.165) is 30.0 Å². The first-order chi connectivity index (χ1) is 23.3. The Kier molecular flexibility index (Phi) is 8.75. The number of carbonyl (C=O) groups is 2. The lowest BCUT2D eigenvalue weighted by Gasteiger charge is -2.44. The summed E-state index contributed by atoms with van der Waals surface area (Å²) in [6.45, 7) is 4.49. The number of para-hydroxylation sites is 1. The van der Waals surface area contributed by atoms with Gasteiger partial charge in [0, 0.05) is 80.7 Å². The molecule has 11 heteroatoms. The molecule has 0 spiro atoms. The molecule has 0 saturated carbocycles. The van der Waals surface area contributed by atoms with E-state index in [1.165, 1.54) is 14.2 Å². The van der Waals surface area contributed by atoms with Crippen LogP contribution < -0.4 is 30.1 Å². The van der Waals surface area contributed by atoms with Crippen LogP contribution in [0.1, 0.15) is 38.7 Å². The van der Waals surface area contributed by atoms with Crippen molar-refractivity contribution in [3.05, 3.63) is 111 Å². The molecule has 4 heterocycles. The van der Waals surface area contributed by atoms with Crippen LogP contribution in [0.4, 0.5) is 17.1 Å². The average molecular weight is 668 g/mol. The van der Waals surface area contributed by atoms with Gasteiger partial charge in [-0.05, 0) is 60.9 Å². The maximum atomic E-state index is 13.9. The summed E-state index contributed by atoms with van der Waals surface area (Å²) >= 11 is 6.44. The third-order valence-corrected chi connectivity index (χ3v) is 10.0. The number of hydrogen-bond acceptors (Lipinski definition) is 7. The van der Waals surface area contributed by atoms with E-state index in [4.69, 9.17) is 21.1 Å². The van der Waals surface area contributed by atoms with Gasteiger partial charge in [0.05, 0.1) is 36.3 Å². The molecule has 3 aromatic carbocycles. The predicted octanol–water partition coefficient (Wildman–Crippen LogP) is 5.36. The number of methoxy groups -OCH3 is 2. The van der Waals surface area contributed by atoms with Gasteiger partial charge in [-0.25, -0.2) is 0 Å². The molecule has 1 N–H and O–H groups in total. The topological polar surface area (TPSA) is 96.3 Å². The molecule has 48 heavy (non-hydrogen) atoms. The van der Waals surface area contributed by atoms with Crippen molar-refractivity contribution in [3.8, 4) is 11.5 Å². The monoisotopic (exact) mass is 667 g/mol. The number of pyridine rings is 1. The number of piperazine rings is 1. The lowest BCUT2D eigenvalue weighted by atomic mass is 9.83. The van der Waals surface area contributed by atoms with Crippen LogP contribution in [0.5, 0.6) is 11.5 Å². The lowest BCUT2D eigenvalue weighted by molar-refractivity contribution is 0.0746. The van der Waals surface area contributed by atoms with E-state index in [1.807, 2.05) is 58.0 Å². The number of aromatic nitrogens is 1. The van der Waals surface area contributed by atoms with E-state index in [9.17, 15) is 14.4 Å². The van der Waals surface area contributed by atoms with Gasteiger partial charge in [-0.3, -0.25) is 14.4 Å². The molecule has 2 saturated heterocycles. The van der Waals surface area contributed by atoms with Crippen molar-refractivity contribution in [1.29, 1.82) is 0 Å². The van der Waals surface area contributed by atoms with Gasteiger partial charge in [0.25, 0.3) is 17.4 Å². The first-order valence-corrected chi connectivity index (χ1v) is 16.6. The van der Waals surface area contributed by atoms with E-state index >= 15 is 0 Å². The molecular formula is C37H38ClN5O5. The van der Waals surface area contributed by atoms with Gasteiger partial charge in [-0.1, -0.05) is 29.8 Å². The summed E-state index contributed by atoms with van der Waals surface area (Å²) in [5, 5.41) is 3.81. The fourth-order valence-electron chi connectivity index (χ4n) is 7.31. The lowest BCUT2D eigenvalue weighted by Crippen LogP contribution is -2.49. The van der Waals surface area contributed by atoms with Crippen molar-refractivity contribution < 1.29 is 19.1 Å². The van der Waals surface area contributed by atoms with E-state index in [2.05, 4.69) is 15.1 Å². The van der Waals surface area contributed by atoms with Crippen molar-refractivity contribution in [2.75, 3.05) is 68.6 Å². The van der Waals surface area contributed by atoms with Crippen molar-refractivity contribution in [3.63, 3.8) is 0 Å². The first-order valence-electron chi connectivity index (χ1n) is 16.2. The number of nitrogens with zero attached hydrogens (tertiary/aromatic N) is 4. The van der Waals surface area contributed by atoms with Crippen LogP contribution in [0.15, 0.2) is 83.7 Å². The van der Waals surface area contributed by atoms with Crippen LogP contribution in [-0.4, -0.2) is 74.8 Å². The number of ether oxygens (including phenoxy) is 2. The number of anilines is 3. The minimum atomic E-state index is -0.347.